The lowest BCUT2D eigenvalue weighted by Gasteiger charge is -2.35. The van der Waals surface area contributed by atoms with Crippen molar-refractivity contribution in [2.24, 2.45) is 0 Å². The number of thiazole rings is 1. The maximum absolute atomic E-state index is 13.6. The number of amides is 1. The zero-order valence-electron chi connectivity index (χ0n) is 19.5. The second-order valence-electron chi connectivity index (χ2n) is 9.44. The lowest BCUT2D eigenvalue weighted by atomic mass is 10.1. The molecule has 2 fully saturated rings. The Morgan fingerprint density at radius 1 is 1.15 bits per heavy atom. The minimum atomic E-state index is -0.514. The average molecular weight is 500 g/mol. The van der Waals surface area contributed by atoms with Crippen LogP contribution >= 0.6 is 23.1 Å². The first-order valence-corrected chi connectivity index (χ1v) is 13.2. The quantitative estimate of drug-likeness (QED) is 0.355. The first-order chi connectivity index (χ1) is 16.2. The van der Waals surface area contributed by atoms with E-state index in [4.69, 9.17) is 9.72 Å². The molecule has 5 rings (SSSR count). The highest BCUT2D eigenvalue weighted by atomic mass is 32.2. The van der Waals surface area contributed by atoms with Gasteiger partial charge in [-0.05, 0) is 63.8 Å². The molecule has 0 saturated carbocycles. The molecule has 34 heavy (non-hydrogen) atoms. The second-order valence-corrected chi connectivity index (χ2v) is 11.2. The molecule has 2 atom stereocenters. The number of rotatable bonds is 4. The van der Waals surface area contributed by atoms with Crippen molar-refractivity contribution in [2.45, 2.75) is 50.0 Å². The molecular weight excluding hydrogens is 473 g/mol. The Morgan fingerprint density at radius 3 is 2.56 bits per heavy atom. The van der Waals surface area contributed by atoms with Gasteiger partial charge in [0.2, 0.25) is 0 Å². The van der Waals surface area contributed by atoms with E-state index in [2.05, 4.69) is 14.9 Å². The van der Waals surface area contributed by atoms with Crippen LogP contribution in [0.1, 0.15) is 27.2 Å². The zero-order chi connectivity index (χ0) is 24.0. The maximum Gasteiger partial charge on any atom is 0.410 e. The number of aromatic nitrogens is 3. The fourth-order valence-corrected chi connectivity index (χ4v) is 5.91. The Morgan fingerprint density at radius 2 is 1.91 bits per heavy atom. The van der Waals surface area contributed by atoms with Gasteiger partial charge in [0.05, 0.1) is 28.3 Å². The fourth-order valence-electron chi connectivity index (χ4n) is 4.42. The summed E-state index contributed by atoms with van der Waals surface area (Å²) >= 11 is 3.06. The van der Waals surface area contributed by atoms with Crippen LogP contribution in [0.3, 0.4) is 0 Å². The van der Waals surface area contributed by atoms with Gasteiger partial charge in [0.1, 0.15) is 11.4 Å². The normalized spacial score (nSPS) is 19.7. The topological polar surface area (TPSA) is 71.5 Å². The number of hydrogen-bond acceptors (Lipinski definition) is 8. The number of hydrogen-bond donors (Lipinski definition) is 0. The molecule has 7 nitrogen and oxygen atoms in total. The summed E-state index contributed by atoms with van der Waals surface area (Å²) in [6.07, 6.45) is 4.33. The van der Waals surface area contributed by atoms with Gasteiger partial charge in [-0.1, -0.05) is 23.1 Å². The highest BCUT2D eigenvalue weighted by Gasteiger charge is 2.47. The fraction of sp³-hybridized carbons (Fsp3) is 0.417. The van der Waals surface area contributed by atoms with Crippen molar-refractivity contribution in [3.05, 3.63) is 42.3 Å². The number of benzene rings is 1. The summed E-state index contributed by atoms with van der Waals surface area (Å²) in [5.74, 6) is -0.286. The molecule has 0 aliphatic carbocycles. The molecule has 2 saturated heterocycles. The van der Waals surface area contributed by atoms with Gasteiger partial charge in [-0.15, -0.1) is 0 Å². The number of likely N-dealkylation sites (tertiary alicyclic amines) is 1. The minimum Gasteiger partial charge on any atom is -0.444 e. The first kappa shape index (κ1) is 23.0. The molecule has 4 heterocycles. The number of fused-ring (bicyclic) bond motifs is 2. The highest BCUT2D eigenvalue weighted by molar-refractivity contribution is 7.98. The van der Waals surface area contributed by atoms with Crippen molar-refractivity contribution >= 4 is 34.3 Å². The summed E-state index contributed by atoms with van der Waals surface area (Å²) in [6, 6.07) is 8.55. The van der Waals surface area contributed by atoms with Crippen LogP contribution in [0.5, 0.6) is 0 Å². The van der Waals surface area contributed by atoms with E-state index in [9.17, 15) is 9.18 Å². The number of carbonyl (C=O) groups excluding carboxylic acids is 1. The Bertz CT molecular complexity index is 1210. The van der Waals surface area contributed by atoms with Crippen molar-refractivity contribution in [1.82, 2.24) is 19.9 Å². The van der Waals surface area contributed by atoms with Crippen LogP contribution in [0.15, 0.2) is 41.7 Å². The van der Waals surface area contributed by atoms with Crippen LogP contribution in [0.25, 0.3) is 21.8 Å². The molecule has 2 aliphatic heterocycles. The van der Waals surface area contributed by atoms with Crippen molar-refractivity contribution in [3.63, 3.8) is 0 Å². The molecule has 3 aromatic rings. The molecule has 2 aliphatic rings. The maximum atomic E-state index is 13.6. The van der Waals surface area contributed by atoms with Crippen molar-refractivity contribution in [1.29, 1.82) is 0 Å². The van der Waals surface area contributed by atoms with E-state index in [0.717, 1.165) is 33.4 Å². The number of anilines is 1. The molecule has 1 aromatic carbocycles. The van der Waals surface area contributed by atoms with E-state index >= 15 is 0 Å². The molecule has 10 heteroatoms. The molecule has 0 radical (unpaired) electrons. The second kappa shape index (κ2) is 8.81. The van der Waals surface area contributed by atoms with Gasteiger partial charge < -0.3 is 14.5 Å². The van der Waals surface area contributed by atoms with Gasteiger partial charge in [0.15, 0.2) is 10.3 Å². The van der Waals surface area contributed by atoms with Crippen LogP contribution in [0, 0.1) is 5.82 Å². The minimum absolute atomic E-state index is 0.101. The zero-order valence-corrected chi connectivity index (χ0v) is 21.1. The number of halogens is 1. The first-order valence-electron chi connectivity index (χ1n) is 11.1. The summed E-state index contributed by atoms with van der Waals surface area (Å²) in [5, 5.41) is 1.57. The summed E-state index contributed by atoms with van der Waals surface area (Å²) in [6.45, 7) is 6.98. The molecule has 178 valence electrons. The Hall–Kier alpha value is -2.72. The van der Waals surface area contributed by atoms with Gasteiger partial charge in [-0.2, -0.15) is 0 Å². The SMILES string of the molecule is CSc1nccc(-c2sc(N3CC4CC3CN4C(=O)OC(C)(C)C)nc2-c2ccc(F)cc2)n1. The van der Waals surface area contributed by atoms with E-state index in [0.29, 0.717) is 18.2 Å². The van der Waals surface area contributed by atoms with Gasteiger partial charge in [-0.25, -0.2) is 24.1 Å². The van der Waals surface area contributed by atoms with E-state index in [1.54, 1.807) is 29.7 Å². The largest absolute Gasteiger partial charge is 0.444 e. The van der Waals surface area contributed by atoms with E-state index in [-0.39, 0.29) is 24.0 Å². The van der Waals surface area contributed by atoms with Crippen LogP contribution in [-0.2, 0) is 4.74 Å². The average Bonchev–Trinajstić information content (AvgIpc) is 3.52. The predicted octanol–water partition coefficient (Wildman–Crippen LogP) is 5.33. The smallest absolute Gasteiger partial charge is 0.410 e. The van der Waals surface area contributed by atoms with Crippen molar-refractivity contribution in [3.8, 4) is 21.8 Å². The molecule has 1 amide bonds. The third-order valence-corrected chi connectivity index (χ3v) is 7.57. The molecule has 2 unspecified atom stereocenters. The number of ether oxygens (including phenoxy) is 1. The van der Waals surface area contributed by atoms with E-state index in [1.807, 2.05) is 38.0 Å². The summed E-state index contributed by atoms with van der Waals surface area (Å²) in [5.41, 5.74) is 1.89. The van der Waals surface area contributed by atoms with E-state index in [1.165, 1.54) is 23.9 Å². The monoisotopic (exact) mass is 499 g/mol. The molecule has 0 N–H and O–H groups in total. The number of thioether (sulfide) groups is 1. The summed E-state index contributed by atoms with van der Waals surface area (Å²) in [4.78, 5) is 31.6. The Kier molecular flexibility index (Phi) is 5.97. The third kappa shape index (κ3) is 4.48. The Labute approximate surface area is 206 Å². The Balaban J connectivity index is 1.46. The van der Waals surface area contributed by atoms with Crippen LogP contribution < -0.4 is 4.90 Å². The number of carbonyl (C=O) groups is 1. The van der Waals surface area contributed by atoms with Gasteiger partial charge in [-0.3, -0.25) is 0 Å². The lowest BCUT2D eigenvalue weighted by Crippen LogP contribution is -2.50. The summed E-state index contributed by atoms with van der Waals surface area (Å²) in [7, 11) is 0. The van der Waals surface area contributed by atoms with Crippen molar-refractivity contribution < 1.29 is 13.9 Å². The molecule has 2 bridgehead atoms. The van der Waals surface area contributed by atoms with Crippen LogP contribution in [0.2, 0.25) is 0 Å². The number of piperazine rings is 1. The van der Waals surface area contributed by atoms with Gasteiger partial charge >= 0.3 is 6.09 Å². The van der Waals surface area contributed by atoms with E-state index < -0.39 is 5.60 Å². The van der Waals surface area contributed by atoms with Crippen molar-refractivity contribution in [2.75, 3.05) is 24.2 Å². The van der Waals surface area contributed by atoms with Crippen LogP contribution in [-0.4, -0.2) is 63.0 Å². The predicted molar refractivity (Wildman–Crippen MR) is 133 cm³/mol. The molecule has 2 aromatic heterocycles. The number of nitrogens with zero attached hydrogens (tertiary/aromatic N) is 5. The third-order valence-electron chi connectivity index (χ3n) is 5.90. The van der Waals surface area contributed by atoms with Gasteiger partial charge in [0, 0.05) is 24.8 Å². The molecule has 0 spiro atoms. The van der Waals surface area contributed by atoms with Gasteiger partial charge in [0.25, 0.3) is 0 Å². The summed E-state index contributed by atoms with van der Waals surface area (Å²) < 4.78 is 19.2. The van der Waals surface area contributed by atoms with Crippen LogP contribution in [0.4, 0.5) is 14.3 Å². The molecular formula is C24H26FN5O2S2. The highest BCUT2D eigenvalue weighted by Crippen LogP contribution is 2.43. The lowest BCUT2D eigenvalue weighted by molar-refractivity contribution is 0.0214. The standard InChI is InChI=1S/C24H26FN5O2S2/c1-24(2,3)32-23(31)30-13-16-11-17(30)12-29(16)22-28-19(14-5-7-15(25)8-6-14)20(34-22)18-9-10-26-21(27-18)33-4/h5-10,16-17H,11-13H2,1-4H3.